The van der Waals surface area contributed by atoms with Gasteiger partial charge in [0.1, 0.15) is 30.0 Å². The number of piperazine rings is 1. The summed E-state index contributed by atoms with van der Waals surface area (Å²) >= 11 is 7.86. The largest absolute Gasteiger partial charge is 0.489 e. The zero-order valence-electron chi connectivity index (χ0n) is 43.6. The van der Waals surface area contributed by atoms with E-state index in [2.05, 4.69) is 76.6 Å². The van der Waals surface area contributed by atoms with Crippen LogP contribution in [-0.2, 0) is 24.5 Å². The molecule has 0 spiro atoms. The van der Waals surface area contributed by atoms with E-state index in [0.29, 0.717) is 48.2 Å². The maximum Gasteiger partial charge on any atom is 0.251 e. The third-order valence-corrected chi connectivity index (χ3v) is 17.0. The Morgan fingerprint density at radius 3 is 2.19 bits per heavy atom. The van der Waals surface area contributed by atoms with Gasteiger partial charge in [-0.2, -0.15) is 5.26 Å². The van der Waals surface area contributed by atoms with Gasteiger partial charge in [-0.25, -0.2) is 4.98 Å². The van der Waals surface area contributed by atoms with Crippen molar-refractivity contribution in [2.24, 2.45) is 16.2 Å². The number of hydrogen-bond donors (Lipinski definition) is 4. The first-order valence-electron chi connectivity index (χ1n) is 25.4. The Labute approximate surface area is 439 Å². The molecular weight excluding hydrogens is 964 g/mol. The molecule has 3 saturated heterocycles. The van der Waals surface area contributed by atoms with Crippen LogP contribution in [-0.4, -0.2) is 138 Å². The van der Waals surface area contributed by atoms with E-state index in [4.69, 9.17) is 21.1 Å². The molecule has 73 heavy (non-hydrogen) atoms. The summed E-state index contributed by atoms with van der Waals surface area (Å²) in [7, 11) is 0. The van der Waals surface area contributed by atoms with Gasteiger partial charge in [-0.05, 0) is 73.2 Å². The Morgan fingerprint density at radius 2 is 1.62 bits per heavy atom. The Kier molecular flexibility index (Phi) is 15.8. The summed E-state index contributed by atoms with van der Waals surface area (Å²) in [5.74, 6) is -0.560. The number of rotatable bonds is 16. The molecule has 4 amide bonds. The number of benzene rings is 3. The number of aliphatic hydroxyl groups is 1. The maximum atomic E-state index is 14.3. The first kappa shape index (κ1) is 53.9. The second-order valence-electron chi connectivity index (χ2n) is 22.9. The standard InChI is InChI=1S/C56H71ClN8O7S/c1-34(36-10-12-37(13-11-36)46-35(2)59-33-73-46)60-49(69)44-26-41(66)29-65(44)50(70)47(53(3,4)5)61-45(67)30-64-24-22-63(23-25-64)21-20-56(31-71-32-56)40-17-14-38(15-18-40)48(68)62-51-54(6,7)52(55(51,8)9)72-42-19-16-39(28-58)43(57)27-42/h10-19,27,33-34,41,44,47,51-52,66H,20-26,29-32H2,1-9H3,(H,60,69)(H,61,67)(H,62,68)/t34-,41+,44?,47+,51?,52?/m0/s1. The number of carbonyl (C=O) groups is 4. The zero-order chi connectivity index (χ0) is 52.6. The third kappa shape index (κ3) is 11.5. The molecule has 4 heterocycles. The number of likely N-dealkylation sites (tertiary alicyclic amines) is 1. The molecule has 4 aliphatic rings. The van der Waals surface area contributed by atoms with E-state index in [1.165, 1.54) is 4.90 Å². The molecule has 1 aromatic heterocycles. The van der Waals surface area contributed by atoms with Crippen LogP contribution >= 0.6 is 22.9 Å². The molecule has 8 rings (SSSR count). The molecule has 4 N–H and O–H groups in total. The van der Waals surface area contributed by atoms with Crippen LogP contribution < -0.4 is 20.7 Å². The number of thiazole rings is 1. The molecular formula is C56H71ClN8O7S. The summed E-state index contributed by atoms with van der Waals surface area (Å²) in [6.07, 6.45) is -0.0798. The second-order valence-corrected chi connectivity index (χ2v) is 24.2. The van der Waals surface area contributed by atoms with Crippen LogP contribution in [0.25, 0.3) is 10.4 Å². The predicted molar refractivity (Wildman–Crippen MR) is 282 cm³/mol. The van der Waals surface area contributed by atoms with E-state index in [1.807, 2.05) is 76.5 Å². The van der Waals surface area contributed by atoms with Crippen LogP contribution in [0.2, 0.25) is 5.02 Å². The van der Waals surface area contributed by atoms with Crippen molar-refractivity contribution in [1.29, 1.82) is 5.26 Å². The number of nitriles is 1. The molecule has 390 valence electrons. The molecule has 0 radical (unpaired) electrons. The lowest BCUT2D eigenvalue weighted by molar-refractivity contribution is -0.164. The molecule has 4 fully saturated rings. The smallest absolute Gasteiger partial charge is 0.251 e. The van der Waals surface area contributed by atoms with E-state index in [-0.39, 0.29) is 77.6 Å². The van der Waals surface area contributed by atoms with E-state index in [9.17, 15) is 29.5 Å². The van der Waals surface area contributed by atoms with Crippen molar-refractivity contribution in [2.75, 3.05) is 59.0 Å². The Hall–Kier alpha value is -5.41. The highest BCUT2D eigenvalue weighted by Gasteiger charge is 2.64. The summed E-state index contributed by atoms with van der Waals surface area (Å²) in [5.41, 5.74) is 5.27. The molecule has 1 unspecified atom stereocenters. The van der Waals surface area contributed by atoms with Gasteiger partial charge in [-0.15, -0.1) is 11.3 Å². The number of nitrogens with one attached hydrogen (secondary N) is 3. The highest BCUT2D eigenvalue weighted by atomic mass is 35.5. The van der Waals surface area contributed by atoms with E-state index < -0.39 is 23.6 Å². The van der Waals surface area contributed by atoms with Gasteiger partial charge in [-0.1, -0.05) is 96.5 Å². The van der Waals surface area contributed by atoms with Gasteiger partial charge in [0.25, 0.3) is 5.91 Å². The molecule has 3 aliphatic heterocycles. The van der Waals surface area contributed by atoms with Gasteiger partial charge in [0.05, 0.1) is 58.6 Å². The van der Waals surface area contributed by atoms with Gasteiger partial charge in [0.2, 0.25) is 17.7 Å². The minimum absolute atomic E-state index is 0.00439. The van der Waals surface area contributed by atoms with Crippen molar-refractivity contribution in [2.45, 2.75) is 117 Å². The number of ether oxygens (including phenoxy) is 2. The number of halogens is 1. The van der Waals surface area contributed by atoms with Crippen LogP contribution in [0.5, 0.6) is 5.75 Å². The third-order valence-electron chi connectivity index (χ3n) is 15.7. The van der Waals surface area contributed by atoms with Crippen molar-refractivity contribution in [3.05, 3.63) is 105 Å². The number of carbonyl (C=O) groups excluding carboxylic acids is 4. The molecule has 4 aromatic rings. The summed E-state index contributed by atoms with van der Waals surface area (Å²) in [6.45, 7) is 23.0. The molecule has 4 atom stereocenters. The summed E-state index contributed by atoms with van der Waals surface area (Å²) in [5, 5.41) is 29.7. The average Bonchev–Trinajstić information content (AvgIpc) is 3.96. The monoisotopic (exact) mass is 1030 g/mol. The van der Waals surface area contributed by atoms with Crippen LogP contribution in [0.1, 0.15) is 107 Å². The lowest BCUT2D eigenvalue weighted by atomic mass is 9.49. The Morgan fingerprint density at radius 1 is 0.959 bits per heavy atom. The lowest BCUT2D eigenvalue weighted by Crippen LogP contribution is -2.74. The molecule has 1 saturated carbocycles. The van der Waals surface area contributed by atoms with E-state index in [0.717, 1.165) is 53.3 Å². The van der Waals surface area contributed by atoms with Crippen LogP contribution in [0.4, 0.5) is 0 Å². The lowest BCUT2D eigenvalue weighted by Gasteiger charge is -2.63. The summed E-state index contributed by atoms with van der Waals surface area (Å²) in [4.78, 5) is 66.9. The van der Waals surface area contributed by atoms with Gasteiger partial charge in [0.15, 0.2) is 0 Å². The maximum absolute atomic E-state index is 14.3. The number of aryl methyl sites for hydroxylation is 1. The molecule has 15 nitrogen and oxygen atoms in total. The SMILES string of the molecule is Cc1ncsc1-c1ccc([C@H](C)NC(=O)C2C[C@@H](O)CN2C(=O)[C@@H](NC(=O)CN2CCN(CCC3(c4ccc(C(=O)NC5C(C)(C)C(Oc6ccc(C#N)c(Cl)c6)C5(C)C)cc4)COC3)CC2)C(C)(C)C)cc1. The number of aliphatic hydroxyl groups excluding tert-OH is 1. The van der Waals surface area contributed by atoms with Crippen molar-refractivity contribution in [1.82, 2.24) is 35.6 Å². The first-order valence-corrected chi connectivity index (χ1v) is 26.7. The fourth-order valence-electron chi connectivity index (χ4n) is 11.6. The van der Waals surface area contributed by atoms with Crippen LogP contribution in [0.15, 0.2) is 72.2 Å². The van der Waals surface area contributed by atoms with Crippen molar-refractivity contribution in [3.63, 3.8) is 0 Å². The number of hydrogen-bond acceptors (Lipinski definition) is 12. The minimum atomic E-state index is -0.913. The van der Waals surface area contributed by atoms with Crippen LogP contribution in [0.3, 0.4) is 0 Å². The van der Waals surface area contributed by atoms with E-state index >= 15 is 0 Å². The van der Waals surface area contributed by atoms with Crippen molar-refractivity contribution in [3.8, 4) is 22.3 Å². The highest BCUT2D eigenvalue weighted by Crippen LogP contribution is 2.55. The minimum Gasteiger partial charge on any atom is -0.489 e. The molecule has 0 bridgehead atoms. The fraction of sp³-hybridized carbons (Fsp3) is 0.536. The topological polar surface area (TPSA) is 189 Å². The molecule has 1 aliphatic carbocycles. The summed E-state index contributed by atoms with van der Waals surface area (Å²) in [6, 6.07) is 20.7. The Bertz CT molecular complexity index is 2690. The van der Waals surface area contributed by atoms with Crippen molar-refractivity contribution < 1.29 is 33.8 Å². The highest BCUT2D eigenvalue weighted by molar-refractivity contribution is 7.13. The fourth-order valence-corrected chi connectivity index (χ4v) is 12.6. The molecule has 17 heteroatoms. The van der Waals surface area contributed by atoms with E-state index in [1.54, 1.807) is 29.5 Å². The normalized spacial score (nSPS) is 23.2. The van der Waals surface area contributed by atoms with Gasteiger partial charge >= 0.3 is 0 Å². The quantitative estimate of drug-likeness (QED) is 0.0914. The number of aromatic nitrogens is 1. The average molecular weight is 1040 g/mol. The second kappa shape index (κ2) is 21.4. The number of β-amino-alcohol motifs (C(OH)–C–C–N with tert-alkyl or cyclic N) is 1. The van der Waals surface area contributed by atoms with Gasteiger partial charge in [-0.3, -0.25) is 24.1 Å². The zero-order valence-corrected chi connectivity index (χ0v) is 45.2. The van der Waals surface area contributed by atoms with Crippen LogP contribution in [0, 0.1) is 34.5 Å². The predicted octanol–water partition coefficient (Wildman–Crippen LogP) is 6.90. The number of nitrogens with zero attached hydrogens (tertiary/aromatic N) is 5. The van der Waals surface area contributed by atoms with Crippen molar-refractivity contribution >= 4 is 46.6 Å². The molecule has 3 aromatic carbocycles. The van der Waals surface area contributed by atoms with Gasteiger partial charge < -0.3 is 40.3 Å². The summed E-state index contributed by atoms with van der Waals surface area (Å²) < 4.78 is 12.2. The van der Waals surface area contributed by atoms with Gasteiger partial charge in [0, 0.05) is 73.1 Å². The Balaban J connectivity index is 0.796. The first-order chi connectivity index (χ1) is 34.5. The number of amides is 4.